The molecule has 2 atom stereocenters. The monoisotopic (exact) mass is 427 g/mol. The third kappa shape index (κ3) is 2.74. The van der Waals surface area contributed by atoms with Crippen LogP contribution in [0, 0.1) is 6.92 Å². The number of cyclic esters (lactones) is 1. The molecule has 2 aromatic carbocycles. The van der Waals surface area contributed by atoms with Crippen molar-refractivity contribution in [1.82, 2.24) is 4.90 Å². The minimum atomic E-state index is -0.527. The molecule has 0 fully saturated rings. The molecule has 3 aliphatic rings. The third-order valence-corrected chi connectivity index (χ3v) is 6.38. The van der Waals surface area contributed by atoms with Gasteiger partial charge in [-0.3, -0.25) is 4.90 Å². The topological polar surface area (TPSA) is 75.7 Å². The van der Waals surface area contributed by atoms with Gasteiger partial charge < -0.3 is 28.4 Å². The Kier molecular flexibility index (Phi) is 4.62. The van der Waals surface area contributed by atoms with E-state index in [0.717, 1.165) is 35.2 Å². The summed E-state index contributed by atoms with van der Waals surface area (Å²) in [5.74, 6) is 2.39. The first-order valence-electron chi connectivity index (χ1n) is 10.2. The number of fused-ring (bicyclic) bond motifs is 3. The van der Waals surface area contributed by atoms with E-state index >= 15 is 0 Å². The summed E-state index contributed by atoms with van der Waals surface area (Å²) in [6.07, 6.45) is 0.300. The van der Waals surface area contributed by atoms with E-state index in [-0.39, 0.29) is 12.8 Å². The quantitative estimate of drug-likeness (QED) is 0.689. The Hall–Kier alpha value is -3.13. The van der Waals surface area contributed by atoms with Crippen molar-refractivity contribution in [1.29, 1.82) is 0 Å². The van der Waals surface area contributed by atoms with Crippen LogP contribution in [0.3, 0.4) is 0 Å². The summed E-state index contributed by atoms with van der Waals surface area (Å²) in [7, 11) is 6.73. The van der Waals surface area contributed by atoms with E-state index in [0.29, 0.717) is 34.3 Å². The maximum atomic E-state index is 13.0. The lowest BCUT2D eigenvalue weighted by Gasteiger charge is -2.38. The van der Waals surface area contributed by atoms with Gasteiger partial charge in [0.2, 0.25) is 12.5 Å². The minimum Gasteiger partial charge on any atom is -0.493 e. The van der Waals surface area contributed by atoms with Gasteiger partial charge in [0.05, 0.1) is 27.4 Å². The molecule has 5 rings (SSSR count). The first-order chi connectivity index (χ1) is 15.0. The minimum absolute atomic E-state index is 0.159. The number of likely N-dealkylation sites (N-methyl/N-ethyl adjacent to an activating group) is 1. The van der Waals surface area contributed by atoms with Gasteiger partial charge in [-0.15, -0.1) is 0 Å². The molecule has 31 heavy (non-hydrogen) atoms. The summed E-state index contributed by atoms with van der Waals surface area (Å²) in [4.78, 5) is 15.2. The molecular weight excluding hydrogens is 402 g/mol. The molecule has 2 unspecified atom stereocenters. The lowest BCUT2D eigenvalue weighted by atomic mass is 9.84. The molecule has 0 radical (unpaired) electrons. The van der Waals surface area contributed by atoms with Crippen molar-refractivity contribution < 1.29 is 33.2 Å². The molecule has 8 nitrogen and oxygen atoms in total. The largest absolute Gasteiger partial charge is 0.493 e. The number of methoxy groups -OCH3 is 3. The fourth-order valence-corrected chi connectivity index (χ4v) is 5.01. The van der Waals surface area contributed by atoms with Crippen molar-refractivity contribution in [2.45, 2.75) is 25.5 Å². The highest BCUT2D eigenvalue weighted by atomic mass is 16.7. The maximum Gasteiger partial charge on any atom is 0.343 e. The van der Waals surface area contributed by atoms with E-state index in [1.807, 2.05) is 26.1 Å². The fourth-order valence-electron chi connectivity index (χ4n) is 5.01. The van der Waals surface area contributed by atoms with Crippen LogP contribution in [-0.4, -0.2) is 52.6 Å². The van der Waals surface area contributed by atoms with Crippen LogP contribution in [0.15, 0.2) is 12.1 Å². The van der Waals surface area contributed by atoms with Gasteiger partial charge in [0.25, 0.3) is 0 Å². The number of nitrogens with zero attached hydrogens (tertiary/aromatic N) is 1. The van der Waals surface area contributed by atoms with E-state index in [2.05, 4.69) is 4.90 Å². The smallest absolute Gasteiger partial charge is 0.343 e. The van der Waals surface area contributed by atoms with Gasteiger partial charge in [-0.25, -0.2) is 4.79 Å². The Morgan fingerprint density at radius 2 is 1.81 bits per heavy atom. The molecule has 0 aromatic heterocycles. The molecular formula is C23H25NO7. The average molecular weight is 427 g/mol. The lowest BCUT2D eigenvalue weighted by Crippen LogP contribution is -2.36. The maximum absolute atomic E-state index is 13.0. The summed E-state index contributed by atoms with van der Waals surface area (Å²) < 4.78 is 34.1. The summed E-state index contributed by atoms with van der Waals surface area (Å²) in [6.45, 7) is 2.92. The van der Waals surface area contributed by atoms with Gasteiger partial charge in [-0.1, -0.05) is 0 Å². The number of carbonyl (C=O) groups excluding carboxylic acids is 1. The van der Waals surface area contributed by atoms with E-state index in [1.165, 1.54) is 7.11 Å². The van der Waals surface area contributed by atoms with Gasteiger partial charge in [-0.05, 0) is 43.7 Å². The van der Waals surface area contributed by atoms with Gasteiger partial charge in [0.15, 0.2) is 23.0 Å². The molecule has 3 aliphatic heterocycles. The van der Waals surface area contributed by atoms with Gasteiger partial charge >= 0.3 is 5.97 Å². The summed E-state index contributed by atoms with van der Waals surface area (Å²) in [5, 5.41) is 0. The zero-order chi connectivity index (χ0) is 21.9. The summed E-state index contributed by atoms with van der Waals surface area (Å²) in [6, 6.07) is 3.64. The number of hydrogen-bond donors (Lipinski definition) is 0. The van der Waals surface area contributed by atoms with Crippen LogP contribution in [0.2, 0.25) is 0 Å². The molecule has 8 heteroatoms. The highest BCUT2D eigenvalue weighted by Gasteiger charge is 2.47. The third-order valence-electron chi connectivity index (χ3n) is 6.38. The molecule has 0 saturated heterocycles. The predicted molar refractivity (Wildman–Crippen MR) is 111 cm³/mol. The van der Waals surface area contributed by atoms with Gasteiger partial charge in [-0.2, -0.15) is 0 Å². The van der Waals surface area contributed by atoms with Crippen LogP contribution < -0.4 is 23.7 Å². The Morgan fingerprint density at radius 3 is 2.52 bits per heavy atom. The number of ether oxygens (including phenoxy) is 6. The predicted octanol–water partition coefficient (Wildman–Crippen LogP) is 3.19. The van der Waals surface area contributed by atoms with Crippen molar-refractivity contribution in [3.8, 4) is 28.7 Å². The molecule has 0 saturated carbocycles. The number of hydrogen-bond acceptors (Lipinski definition) is 8. The zero-order valence-electron chi connectivity index (χ0n) is 18.2. The van der Waals surface area contributed by atoms with Gasteiger partial charge in [0, 0.05) is 17.7 Å². The van der Waals surface area contributed by atoms with E-state index in [9.17, 15) is 4.79 Å². The second-order valence-electron chi connectivity index (χ2n) is 7.94. The van der Waals surface area contributed by atoms with Crippen LogP contribution in [0.25, 0.3) is 0 Å². The fraction of sp³-hybridized carbons (Fsp3) is 0.435. The summed E-state index contributed by atoms with van der Waals surface area (Å²) in [5.41, 5.74) is 4.20. The van der Waals surface area contributed by atoms with Crippen molar-refractivity contribution in [2.24, 2.45) is 0 Å². The molecule has 0 spiro atoms. The second-order valence-corrected chi connectivity index (χ2v) is 7.94. The first kappa shape index (κ1) is 19.8. The Balaban J connectivity index is 1.72. The molecule has 164 valence electrons. The van der Waals surface area contributed by atoms with E-state index in [1.54, 1.807) is 14.2 Å². The molecule has 0 amide bonds. The number of benzene rings is 2. The molecule has 0 aliphatic carbocycles. The average Bonchev–Trinajstić information content (AvgIpc) is 3.37. The lowest BCUT2D eigenvalue weighted by molar-refractivity contribution is 0.00861. The molecule has 3 heterocycles. The van der Waals surface area contributed by atoms with E-state index in [4.69, 9.17) is 28.4 Å². The van der Waals surface area contributed by atoms with Crippen LogP contribution in [0.4, 0.5) is 0 Å². The molecule has 0 bridgehead atoms. The second kappa shape index (κ2) is 7.23. The van der Waals surface area contributed by atoms with Crippen molar-refractivity contribution in [3.05, 3.63) is 39.9 Å². The molecule has 0 N–H and O–H groups in total. The van der Waals surface area contributed by atoms with Crippen molar-refractivity contribution in [2.75, 3.05) is 41.7 Å². The number of carbonyl (C=O) groups is 1. The van der Waals surface area contributed by atoms with Crippen LogP contribution in [0.5, 0.6) is 28.7 Å². The SMILES string of the molecule is COc1cc(C)c2c(c1OC)C(=O)OC2C1c2c(cc3c(c2OC)OCO3)CCN1C. The Morgan fingerprint density at radius 1 is 1.03 bits per heavy atom. The highest BCUT2D eigenvalue weighted by molar-refractivity contribution is 5.98. The Bertz CT molecular complexity index is 1080. The standard InChI is InChI=1S/C23H25NO7/c1-11-8-13(26-3)19(27-4)17-15(11)21(31-23(17)25)18-16-12(6-7-24(18)2)9-14-20(22(16)28-5)30-10-29-14/h8-9,18,21H,6-7,10H2,1-5H3. The van der Waals surface area contributed by atoms with Crippen molar-refractivity contribution in [3.63, 3.8) is 0 Å². The number of aryl methyl sites for hydroxylation is 1. The van der Waals surface area contributed by atoms with Crippen molar-refractivity contribution >= 4 is 5.97 Å². The Labute approximate surface area is 180 Å². The molecule has 2 aromatic rings. The number of rotatable bonds is 4. The normalized spacial score (nSPS) is 21.4. The van der Waals surface area contributed by atoms with Crippen LogP contribution in [-0.2, 0) is 11.2 Å². The zero-order valence-corrected chi connectivity index (χ0v) is 18.2. The summed E-state index contributed by atoms with van der Waals surface area (Å²) >= 11 is 0. The number of esters is 1. The van der Waals surface area contributed by atoms with E-state index < -0.39 is 12.1 Å². The van der Waals surface area contributed by atoms with Gasteiger partial charge in [0.1, 0.15) is 11.7 Å². The first-order valence-corrected chi connectivity index (χ1v) is 10.2. The van der Waals surface area contributed by atoms with Crippen LogP contribution >= 0.6 is 0 Å². The van der Waals surface area contributed by atoms with Crippen LogP contribution in [0.1, 0.15) is 44.8 Å². The highest BCUT2D eigenvalue weighted by Crippen LogP contribution is 2.55.